The van der Waals surface area contributed by atoms with E-state index < -0.39 is 11.7 Å². The summed E-state index contributed by atoms with van der Waals surface area (Å²) >= 11 is 1.48. The highest BCUT2D eigenvalue weighted by atomic mass is 32.2. The third kappa shape index (κ3) is 6.29. The molecule has 1 heterocycles. The van der Waals surface area contributed by atoms with E-state index in [1.54, 1.807) is 0 Å². The number of thioether (sulfide) groups is 1. The minimum Gasteiger partial charge on any atom is -0.314 e. The topological polar surface area (TPSA) is 24.9 Å². The van der Waals surface area contributed by atoms with E-state index in [0.29, 0.717) is 11.1 Å². The molecule has 1 unspecified atom stereocenters. The largest absolute Gasteiger partial charge is 0.417 e. The van der Waals surface area contributed by atoms with Gasteiger partial charge in [-0.15, -0.1) is 11.8 Å². The van der Waals surface area contributed by atoms with Gasteiger partial charge in [0.15, 0.2) is 0 Å². The SMILES string of the molecule is CCCNC(C)CCSc1ccc(C(F)(F)F)cn1. The highest BCUT2D eigenvalue weighted by Gasteiger charge is 2.30. The number of rotatable bonds is 7. The second kappa shape index (κ2) is 7.75. The lowest BCUT2D eigenvalue weighted by Gasteiger charge is -2.12. The molecule has 0 aliphatic rings. The van der Waals surface area contributed by atoms with Crippen molar-refractivity contribution in [2.45, 2.75) is 43.9 Å². The summed E-state index contributed by atoms with van der Waals surface area (Å²) < 4.78 is 37.0. The Morgan fingerprint density at radius 1 is 1.37 bits per heavy atom. The number of nitrogens with one attached hydrogen (secondary N) is 1. The van der Waals surface area contributed by atoms with Crippen LogP contribution in [0.5, 0.6) is 0 Å². The van der Waals surface area contributed by atoms with Crippen LogP contribution in [-0.2, 0) is 6.18 Å². The van der Waals surface area contributed by atoms with Crippen LogP contribution in [0.2, 0.25) is 0 Å². The quantitative estimate of drug-likeness (QED) is 0.770. The number of halogens is 3. The Bertz CT molecular complexity index is 365. The zero-order chi connectivity index (χ0) is 14.3. The van der Waals surface area contributed by atoms with Gasteiger partial charge in [0.2, 0.25) is 0 Å². The highest BCUT2D eigenvalue weighted by molar-refractivity contribution is 7.99. The molecule has 1 rings (SSSR count). The van der Waals surface area contributed by atoms with Gasteiger partial charge in [-0.05, 0) is 38.4 Å². The minimum absolute atomic E-state index is 0.418. The minimum atomic E-state index is -4.31. The fourth-order valence-electron chi connectivity index (χ4n) is 1.47. The molecule has 0 saturated heterocycles. The molecule has 0 saturated carbocycles. The van der Waals surface area contributed by atoms with Crippen molar-refractivity contribution in [2.24, 2.45) is 0 Å². The first-order valence-electron chi connectivity index (χ1n) is 6.33. The van der Waals surface area contributed by atoms with E-state index in [4.69, 9.17) is 0 Å². The Morgan fingerprint density at radius 2 is 2.11 bits per heavy atom. The normalized spacial score (nSPS) is 13.5. The van der Waals surface area contributed by atoms with Gasteiger partial charge in [0, 0.05) is 18.0 Å². The van der Waals surface area contributed by atoms with Crippen molar-refractivity contribution >= 4 is 11.8 Å². The van der Waals surface area contributed by atoms with Gasteiger partial charge in [0.1, 0.15) is 0 Å². The molecule has 19 heavy (non-hydrogen) atoms. The average Bonchev–Trinajstić information content (AvgIpc) is 2.36. The van der Waals surface area contributed by atoms with E-state index >= 15 is 0 Å². The average molecular weight is 292 g/mol. The third-order valence-corrected chi connectivity index (χ3v) is 3.58. The summed E-state index contributed by atoms with van der Waals surface area (Å²) in [5, 5.41) is 4.00. The molecule has 0 bridgehead atoms. The summed E-state index contributed by atoms with van der Waals surface area (Å²) in [6.07, 6.45) is -1.36. The van der Waals surface area contributed by atoms with Gasteiger partial charge in [0.05, 0.1) is 10.6 Å². The van der Waals surface area contributed by atoms with Crippen LogP contribution in [0.1, 0.15) is 32.3 Å². The van der Waals surface area contributed by atoms with Crippen LogP contribution >= 0.6 is 11.8 Å². The molecular weight excluding hydrogens is 273 g/mol. The van der Waals surface area contributed by atoms with Gasteiger partial charge in [-0.1, -0.05) is 6.92 Å². The van der Waals surface area contributed by atoms with Crippen molar-refractivity contribution in [1.82, 2.24) is 10.3 Å². The number of nitrogens with zero attached hydrogens (tertiary/aromatic N) is 1. The lowest BCUT2D eigenvalue weighted by molar-refractivity contribution is -0.137. The standard InChI is InChI=1S/C13H19F3N2S/c1-3-7-17-10(2)6-8-19-12-5-4-11(9-18-12)13(14,15)16/h4-5,9-10,17H,3,6-8H2,1-2H3. The zero-order valence-corrected chi connectivity index (χ0v) is 11.9. The lowest BCUT2D eigenvalue weighted by Crippen LogP contribution is -2.27. The van der Waals surface area contributed by atoms with Crippen LogP contribution in [0.4, 0.5) is 13.2 Å². The van der Waals surface area contributed by atoms with Crippen molar-refractivity contribution in [3.05, 3.63) is 23.9 Å². The molecule has 6 heteroatoms. The molecule has 1 atom stereocenters. The molecule has 0 spiro atoms. The van der Waals surface area contributed by atoms with Crippen LogP contribution in [0.25, 0.3) is 0 Å². The summed E-state index contributed by atoms with van der Waals surface area (Å²) in [6.45, 7) is 5.21. The fraction of sp³-hybridized carbons (Fsp3) is 0.615. The van der Waals surface area contributed by atoms with Gasteiger partial charge in [-0.2, -0.15) is 13.2 Å². The molecule has 0 aliphatic heterocycles. The second-order valence-electron chi connectivity index (χ2n) is 4.38. The maximum Gasteiger partial charge on any atom is 0.417 e. The van der Waals surface area contributed by atoms with E-state index in [-0.39, 0.29) is 0 Å². The molecule has 2 nitrogen and oxygen atoms in total. The maximum absolute atomic E-state index is 12.3. The zero-order valence-electron chi connectivity index (χ0n) is 11.1. The van der Waals surface area contributed by atoms with Crippen molar-refractivity contribution < 1.29 is 13.2 Å². The summed E-state index contributed by atoms with van der Waals surface area (Å²) in [5.41, 5.74) is -0.699. The first kappa shape index (κ1) is 16.3. The van der Waals surface area contributed by atoms with Gasteiger partial charge >= 0.3 is 6.18 Å². The molecule has 0 aliphatic carbocycles. The van der Waals surface area contributed by atoms with Gasteiger partial charge in [0.25, 0.3) is 0 Å². The predicted octanol–water partition coefficient (Wildman–Crippen LogP) is 3.97. The Kier molecular flexibility index (Phi) is 6.65. The Balaban J connectivity index is 2.34. The van der Waals surface area contributed by atoms with Gasteiger partial charge in [-0.3, -0.25) is 0 Å². The summed E-state index contributed by atoms with van der Waals surface area (Å²) in [7, 11) is 0. The molecule has 0 aromatic carbocycles. The molecule has 108 valence electrons. The first-order chi connectivity index (χ1) is 8.93. The van der Waals surface area contributed by atoms with Crippen LogP contribution < -0.4 is 5.32 Å². The number of alkyl halides is 3. The first-order valence-corrected chi connectivity index (χ1v) is 7.31. The molecular formula is C13H19F3N2S. The number of pyridine rings is 1. The van der Waals surface area contributed by atoms with E-state index in [0.717, 1.165) is 37.4 Å². The summed E-state index contributed by atoms with van der Waals surface area (Å²) in [4.78, 5) is 3.83. The van der Waals surface area contributed by atoms with Crippen molar-refractivity contribution in [1.29, 1.82) is 0 Å². The predicted molar refractivity (Wildman–Crippen MR) is 72.3 cm³/mol. The van der Waals surface area contributed by atoms with E-state index in [1.807, 2.05) is 0 Å². The summed E-state index contributed by atoms with van der Waals surface area (Å²) in [6, 6.07) is 2.92. The lowest BCUT2D eigenvalue weighted by atomic mass is 10.2. The van der Waals surface area contributed by atoms with Crippen molar-refractivity contribution in [3.8, 4) is 0 Å². The maximum atomic E-state index is 12.3. The third-order valence-electron chi connectivity index (χ3n) is 2.61. The van der Waals surface area contributed by atoms with Crippen LogP contribution in [0.15, 0.2) is 23.4 Å². The Hall–Kier alpha value is -0.750. The number of hydrogen-bond donors (Lipinski definition) is 1. The number of hydrogen-bond acceptors (Lipinski definition) is 3. The van der Waals surface area contributed by atoms with Gasteiger partial charge < -0.3 is 5.32 Å². The molecule has 0 radical (unpaired) electrons. The van der Waals surface area contributed by atoms with Crippen LogP contribution in [0.3, 0.4) is 0 Å². The Labute approximate surface area is 116 Å². The van der Waals surface area contributed by atoms with Crippen LogP contribution in [-0.4, -0.2) is 23.3 Å². The Morgan fingerprint density at radius 3 is 2.63 bits per heavy atom. The van der Waals surface area contributed by atoms with Gasteiger partial charge in [-0.25, -0.2) is 4.98 Å². The monoisotopic (exact) mass is 292 g/mol. The number of aromatic nitrogens is 1. The fourth-order valence-corrected chi connectivity index (χ4v) is 2.44. The molecule has 1 aromatic rings. The van der Waals surface area contributed by atoms with Crippen molar-refractivity contribution in [3.63, 3.8) is 0 Å². The molecule has 0 amide bonds. The molecule has 1 aromatic heterocycles. The summed E-state index contributed by atoms with van der Waals surface area (Å²) in [5.74, 6) is 0.843. The molecule has 0 fully saturated rings. The van der Waals surface area contributed by atoms with Crippen molar-refractivity contribution in [2.75, 3.05) is 12.3 Å². The smallest absolute Gasteiger partial charge is 0.314 e. The van der Waals surface area contributed by atoms with E-state index in [1.165, 1.54) is 17.8 Å². The second-order valence-corrected chi connectivity index (χ2v) is 5.49. The van der Waals surface area contributed by atoms with E-state index in [2.05, 4.69) is 24.1 Å². The van der Waals surface area contributed by atoms with Crippen LogP contribution in [0, 0.1) is 0 Å². The molecule has 1 N–H and O–H groups in total. The highest BCUT2D eigenvalue weighted by Crippen LogP contribution is 2.29. The van der Waals surface area contributed by atoms with E-state index in [9.17, 15) is 13.2 Å².